The predicted molar refractivity (Wildman–Crippen MR) is 86.5 cm³/mol. The number of fused-ring (bicyclic) bond motifs is 1. The molecule has 0 amide bonds. The van der Waals surface area contributed by atoms with Crippen molar-refractivity contribution in [3.8, 4) is 0 Å². The summed E-state index contributed by atoms with van der Waals surface area (Å²) >= 11 is 0. The van der Waals surface area contributed by atoms with Gasteiger partial charge in [0.25, 0.3) is 0 Å². The number of nitrogens with one attached hydrogen (secondary N) is 1. The first kappa shape index (κ1) is 15.2. The van der Waals surface area contributed by atoms with Crippen molar-refractivity contribution in [2.45, 2.75) is 26.4 Å². The predicted octanol–water partition coefficient (Wildman–Crippen LogP) is 2.76. The lowest BCUT2D eigenvalue weighted by Gasteiger charge is -2.31. The molecule has 0 bridgehead atoms. The average molecular weight is 292 g/mol. The number of aryl methyl sites for hydroxylation is 1. The van der Waals surface area contributed by atoms with E-state index in [9.17, 15) is 0 Å². The van der Waals surface area contributed by atoms with E-state index in [-0.39, 0.29) is 12.4 Å². The van der Waals surface area contributed by atoms with Crippen molar-refractivity contribution in [1.82, 2.24) is 15.2 Å². The van der Waals surface area contributed by atoms with Crippen molar-refractivity contribution in [2.24, 2.45) is 0 Å². The van der Waals surface area contributed by atoms with E-state index in [1.54, 1.807) is 0 Å². The van der Waals surface area contributed by atoms with Gasteiger partial charge in [0.05, 0.1) is 5.52 Å². The Kier molecular flexibility index (Phi) is 4.97. The number of hydrogen-bond donors (Lipinski definition) is 1. The fourth-order valence-corrected chi connectivity index (χ4v) is 2.79. The second-order valence-corrected chi connectivity index (χ2v) is 5.57. The monoisotopic (exact) mass is 291 g/mol. The van der Waals surface area contributed by atoms with E-state index < -0.39 is 0 Å². The molecule has 108 valence electrons. The third-order valence-corrected chi connectivity index (χ3v) is 3.75. The van der Waals surface area contributed by atoms with Crippen molar-refractivity contribution >= 4 is 23.3 Å². The first-order valence-electron chi connectivity index (χ1n) is 7.03. The van der Waals surface area contributed by atoms with Crippen LogP contribution in [0.1, 0.15) is 18.2 Å². The molecule has 2 aromatic rings. The lowest BCUT2D eigenvalue weighted by molar-refractivity contribution is 0.200. The second kappa shape index (κ2) is 6.53. The Morgan fingerprint density at radius 2 is 2.15 bits per heavy atom. The second-order valence-electron chi connectivity index (χ2n) is 5.57. The molecular formula is C16H22ClN3. The largest absolute Gasteiger partial charge is 0.312 e. The lowest BCUT2D eigenvalue weighted by Crippen LogP contribution is -2.48. The molecule has 1 aromatic carbocycles. The summed E-state index contributed by atoms with van der Waals surface area (Å²) < 4.78 is 0. The van der Waals surface area contributed by atoms with Gasteiger partial charge in [-0.3, -0.25) is 9.88 Å². The van der Waals surface area contributed by atoms with Crippen LogP contribution in [-0.4, -0.2) is 35.6 Å². The minimum absolute atomic E-state index is 0. The Labute approximate surface area is 126 Å². The lowest BCUT2D eigenvalue weighted by atomic mass is 10.1. The average Bonchev–Trinajstić information content (AvgIpc) is 2.39. The smallest absolute Gasteiger partial charge is 0.0705 e. The maximum atomic E-state index is 4.55. The molecule has 3 rings (SSSR count). The van der Waals surface area contributed by atoms with Crippen LogP contribution >= 0.6 is 12.4 Å². The van der Waals surface area contributed by atoms with Gasteiger partial charge >= 0.3 is 0 Å². The fraction of sp³-hybridized carbons (Fsp3) is 0.438. The molecule has 1 N–H and O–H groups in total. The van der Waals surface area contributed by atoms with Gasteiger partial charge in [-0.1, -0.05) is 12.1 Å². The Morgan fingerprint density at radius 3 is 2.95 bits per heavy atom. The third-order valence-electron chi connectivity index (χ3n) is 3.75. The van der Waals surface area contributed by atoms with Gasteiger partial charge in [-0.05, 0) is 37.6 Å². The van der Waals surface area contributed by atoms with Gasteiger partial charge in [-0.2, -0.15) is 0 Å². The van der Waals surface area contributed by atoms with Crippen molar-refractivity contribution in [2.75, 3.05) is 19.6 Å². The molecule has 1 aliphatic heterocycles. The summed E-state index contributed by atoms with van der Waals surface area (Å²) in [5.74, 6) is 0. The Morgan fingerprint density at radius 1 is 1.30 bits per heavy atom. The quantitative estimate of drug-likeness (QED) is 0.922. The fourth-order valence-electron chi connectivity index (χ4n) is 2.79. The maximum Gasteiger partial charge on any atom is 0.0705 e. The minimum atomic E-state index is 0. The molecule has 4 heteroatoms. The van der Waals surface area contributed by atoms with E-state index in [2.05, 4.69) is 52.5 Å². The topological polar surface area (TPSA) is 28.2 Å². The first-order valence-corrected chi connectivity index (χ1v) is 7.03. The van der Waals surface area contributed by atoms with Crippen LogP contribution < -0.4 is 5.32 Å². The SMILES string of the molecule is Cc1ccc2cc(CN3CCN[C@H](C)C3)ccc2n1.Cl. The van der Waals surface area contributed by atoms with E-state index >= 15 is 0 Å². The van der Waals surface area contributed by atoms with Gasteiger partial charge in [0.2, 0.25) is 0 Å². The van der Waals surface area contributed by atoms with Gasteiger partial charge in [-0.25, -0.2) is 0 Å². The number of aromatic nitrogens is 1. The summed E-state index contributed by atoms with van der Waals surface area (Å²) in [5.41, 5.74) is 3.56. The van der Waals surface area contributed by atoms with Crippen molar-refractivity contribution < 1.29 is 0 Å². The van der Waals surface area contributed by atoms with Crippen LogP contribution in [0.15, 0.2) is 30.3 Å². The summed E-state index contributed by atoms with van der Waals surface area (Å²) in [5, 5.41) is 4.72. The molecule has 3 nitrogen and oxygen atoms in total. The molecule has 0 unspecified atom stereocenters. The van der Waals surface area contributed by atoms with E-state index in [1.807, 2.05) is 6.92 Å². The third kappa shape index (κ3) is 3.48. The van der Waals surface area contributed by atoms with Crippen LogP contribution in [0.2, 0.25) is 0 Å². The van der Waals surface area contributed by atoms with Gasteiger partial charge in [0.1, 0.15) is 0 Å². The number of hydrogen-bond acceptors (Lipinski definition) is 3. The maximum absolute atomic E-state index is 4.55. The van der Waals surface area contributed by atoms with Gasteiger partial charge in [0, 0.05) is 43.3 Å². The standard InChI is InChI=1S/C16H21N3.ClH/c1-12-3-5-15-9-14(4-6-16(15)18-12)11-19-8-7-17-13(2)10-19;/h3-6,9,13,17H,7-8,10-11H2,1-2H3;1H/t13-;/m1./s1. The van der Waals surface area contributed by atoms with E-state index in [0.29, 0.717) is 6.04 Å². The first-order chi connectivity index (χ1) is 9.20. The van der Waals surface area contributed by atoms with Crippen molar-refractivity contribution in [3.05, 3.63) is 41.6 Å². The zero-order valence-corrected chi connectivity index (χ0v) is 12.9. The molecule has 1 fully saturated rings. The summed E-state index contributed by atoms with van der Waals surface area (Å²) in [7, 11) is 0. The van der Waals surface area contributed by atoms with Crippen molar-refractivity contribution in [3.63, 3.8) is 0 Å². The molecule has 1 aromatic heterocycles. The number of nitrogens with zero attached hydrogens (tertiary/aromatic N) is 2. The Hall–Kier alpha value is -1.16. The highest BCUT2D eigenvalue weighted by atomic mass is 35.5. The van der Waals surface area contributed by atoms with Crippen LogP contribution in [0.25, 0.3) is 10.9 Å². The molecule has 0 aliphatic carbocycles. The molecule has 20 heavy (non-hydrogen) atoms. The highest BCUT2D eigenvalue weighted by Gasteiger charge is 2.15. The Balaban J connectivity index is 0.00000147. The Bertz CT molecular complexity index is 585. The molecular weight excluding hydrogens is 270 g/mol. The van der Waals surface area contributed by atoms with Crippen molar-refractivity contribution in [1.29, 1.82) is 0 Å². The number of benzene rings is 1. The van der Waals surface area contributed by atoms with Crippen LogP contribution in [-0.2, 0) is 6.54 Å². The number of piperazine rings is 1. The zero-order chi connectivity index (χ0) is 13.2. The minimum Gasteiger partial charge on any atom is -0.312 e. The normalized spacial score (nSPS) is 19.8. The van der Waals surface area contributed by atoms with Crippen LogP contribution in [0.3, 0.4) is 0 Å². The van der Waals surface area contributed by atoms with E-state index in [1.165, 1.54) is 10.9 Å². The number of halogens is 1. The zero-order valence-electron chi connectivity index (χ0n) is 12.1. The van der Waals surface area contributed by atoms with Crippen LogP contribution in [0.5, 0.6) is 0 Å². The number of rotatable bonds is 2. The summed E-state index contributed by atoms with van der Waals surface area (Å²) in [6.07, 6.45) is 0. The van der Waals surface area contributed by atoms with E-state index in [4.69, 9.17) is 0 Å². The molecule has 0 spiro atoms. The highest BCUT2D eigenvalue weighted by Crippen LogP contribution is 2.16. The number of pyridine rings is 1. The molecule has 2 heterocycles. The molecule has 1 saturated heterocycles. The van der Waals surface area contributed by atoms with E-state index in [0.717, 1.165) is 37.4 Å². The molecule has 0 radical (unpaired) electrons. The molecule has 1 aliphatic rings. The van der Waals surface area contributed by atoms with Crippen LogP contribution in [0.4, 0.5) is 0 Å². The van der Waals surface area contributed by atoms with Crippen LogP contribution in [0, 0.1) is 6.92 Å². The van der Waals surface area contributed by atoms with Gasteiger partial charge in [-0.15, -0.1) is 12.4 Å². The highest BCUT2D eigenvalue weighted by molar-refractivity contribution is 5.85. The summed E-state index contributed by atoms with van der Waals surface area (Å²) in [6.45, 7) is 8.68. The molecule has 0 saturated carbocycles. The molecule has 1 atom stereocenters. The van der Waals surface area contributed by atoms with Gasteiger partial charge < -0.3 is 5.32 Å². The summed E-state index contributed by atoms with van der Waals surface area (Å²) in [6, 6.07) is 11.5. The van der Waals surface area contributed by atoms with Gasteiger partial charge in [0.15, 0.2) is 0 Å². The summed E-state index contributed by atoms with van der Waals surface area (Å²) in [4.78, 5) is 7.07.